The summed E-state index contributed by atoms with van der Waals surface area (Å²) >= 11 is 0. The van der Waals surface area contributed by atoms with E-state index in [1.807, 2.05) is 0 Å². The third-order valence-corrected chi connectivity index (χ3v) is 2.83. The minimum Gasteiger partial charge on any atom is -0.390 e. The Kier molecular flexibility index (Phi) is 3.29. The third kappa shape index (κ3) is 2.02. The zero-order valence-corrected chi connectivity index (χ0v) is 8.36. The molecule has 0 radical (unpaired) electrons. The molecule has 0 aliphatic carbocycles. The highest BCUT2D eigenvalue weighted by Gasteiger charge is 2.44. The molecule has 1 saturated heterocycles. The summed E-state index contributed by atoms with van der Waals surface area (Å²) in [6.45, 7) is 3.32. The monoisotopic (exact) mass is 190 g/mol. The molecule has 4 nitrogen and oxygen atoms in total. The Morgan fingerprint density at radius 3 is 2.62 bits per heavy atom. The Labute approximate surface area is 78.5 Å². The van der Waals surface area contributed by atoms with E-state index in [9.17, 15) is 10.2 Å². The number of aliphatic hydroxyl groups excluding tert-OH is 1. The summed E-state index contributed by atoms with van der Waals surface area (Å²) in [6, 6.07) is 0. The molecule has 4 heteroatoms. The average Bonchev–Trinajstić information content (AvgIpc) is 2.09. The molecule has 0 aromatic heterocycles. The second-order valence-electron chi connectivity index (χ2n) is 3.65. The van der Waals surface area contributed by atoms with Crippen LogP contribution in [0.15, 0.2) is 0 Å². The van der Waals surface area contributed by atoms with Gasteiger partial charge >= 0.3 is 0 Å². The second-order valence-corrected chi connectivity index (χ2v) is 3.65. The molecule has 4 atom stereocenters. The first-order valence-electron chi connectivity index (χ1n) is 4.59. The SMILES string of the molecule is COC1CCC(O)(C(C)O)C(C)O1. The van der Waals surface area contributed by atoms with E-state index in [4.69, 9.17) is 9.47 Å². The van der Waals surface area contributed by atoms with Crippen LogP contribution in [0.5, 0.6) is 0 Å². The number of hydrogen-bond donors (Lipinski definition) is 2. The molecule has 1 rings (SSSR count). The van der Waals surface area contributed by atoms with Gasteiger partial charge in [0, 0.05) is 13.5 Å². The predicted octanol–water partition coefficient (Wildman–Crippen LogP) is 0.270. The van der Waals surface area contributed by atoms with Gasteiger partial charge in [0.2, 0.25) is 0 Å². The molecule has 0 amide bonds. The van der Waals surface area contributed by atoms with Crippen LogP contribution in [0, 0.1) is 0 Å². The van der Waals surface area contributed by atoms with E-state index in [2.05, 4.69) is 0 Å². The van der Waals surface area contributed by atoms with Crippen LogP contribution in [0.1, 0.15) is 26.7 Å². The van der Waals surface area contributed by atoms with Gasteiger partial charge in [-0.2, -0.15) is 0 Å². The van der Waals surface area contributed by atoms with Crippen LogP contribution < -0.4 is 0 Å². The topological polar surface area (TPSA) is 58.9 Å². The summed E-state index contributed by atoms with van der Waals surface area (Å²) in [4.78, 5) is 0. The first kappa shape index (κ1) is 10.9. The first-order valence-corrected chi connectivity index (χ1v) is 4.59. The number of hydrogen-bond acceptors (Lipinski definition) is 4. The van der Waals surface area contributed by atoms with Gasteiger partial charge in [0.15, 0.2) is 6.29 Å². The van der Waals surface area contributed by atoms with E-state index in [-0.39, 0.29) is 6.29 Å². The average molecular weight is 190 g/mol. The van der Waals surface area contributed by atoms with E-state index in [0.717, 1.165) is 0 Å². The van der Waals surface area contributed by atoms with Crippen molar-refractivity contribution in [1.29, 1.82) is 0 Å². The van der Waals surface area contributed by atoms with Crippen molar-refractivity contribution in [2.45, 2.75) is 50.8 Å². The molecule has 1 aliphatic rings. The third-order valence-electron chi connectivity index (χ3n) is 2.83. The molecule has 0 spiro atoms. The van der Waals surface area contributed by atoms with Crippen molar-refractivity contribution in [2.75, 3.05) is 7.11 Å². The lowest BCUT2D eigenvalue weighted by Crippen LogP contribution is -2.55. The summed E-state index contributed by atoms with van der Waals surface area (Å²) < 4.78 is 10.4. The second kappa shape index (κ2) is 3.92. The maximum atomic E-state index is 10.00. The number of methoxy groups -OCH3 is 1. The molecule has 13 heavy (non-hydrogen) atoms. The van der Waals surface area contributed by atoms with Crippen molar-refractivity contribution in [3.05, 3.63) is 0 Å². The highest BCUT2D eigenvalue weighted by atomic mass is 16.7. The molecule has 0 saturated carbocycles. The van der Waals surface area contributed by atoms with Gasteiger partial charge in [-0.25, -0.2) is 0 Å². The van der Waals surface area contributed by atoms with Gasteiger partial charge in [-0.3, -0.25) is 0 Å². The van der Waals surface area contributed by atoms with E-state index in [1.165, 1.54) is 0 Å². The Bertz CT molecular complexity index is 171. The Hall–Kier alpha value is -0.160. The molecule has 4 unspecified atom stereocenters. The highest BCUT2D eigenvalue weighted by Crippen LogP contribution is 2.31. The standard InChI is InChI=1S/C9H18O4/c1-6(10)9(11)5-4-8(12-3)13-7(9)2/h6-8,10-11H,4-5H2,1-3H3. The number of ether oxygens (including phenoxy) is 2. The van der Waals surface area contributed by atoms with Crippen molar-refractivity contribution in [3.63, 3.8) is 0 Å². The molecular formula is C9H18O4. The molecule has 0 aromatic rings. The largest absolute Gasteiger partial charge is 0.390 e. The van der Waals surface area contributed by atoms with Crippen LogP contribution in [0.4, 0.5) is 0 Å². The van der Waals surface area contributed by atoms with Crippen molar-refractivity contribution in [3.8, 4) is 0 Å². The fraction of sp³-hybridized carbons (Fsp3) is 1.00. The summed E-state index contributed by atoms with van der Waals surface area (Å²) in [5, 5.41) is 19.4. The maximum absolute atomic E-state index is 10.00. The van der Waals surface area contributed by atoms with Gasteiger partial charge in [-0.1, -0.05) is 0 Å². The molecule has 0 bridgehead atoms. The van der Waals surface area contributed by atoms with Crippen LogP contribution in [0.3, 0.4) is 0 Å². The van der Waals surface area contributed by atoms with Crippen molar-refractivity contribution >= 4 is 0 Å². The summed E-state index contributed by atoms with van der Waals surface area (Å²) in [5.41, 5.74) is -1.13. The van der Waals surface area contributed by atoms with E-state index in [1.54, 1.807) is 21.0 Å². The van der Waals surface area contributed by atoms with Crippen molar-refractivity contribution in [2.24, 2.45) is 0 Å². The van der Waals surface area contributed by atoms with Gasteiger partial charge in [-0.05, 0) is 20.3 Å². The minimum atomic E-state index is -1.13. The smallest absolute Gasteiger partial charge is 0.157 e. The Balaban J connectivity index is 2.62. The summed E-state index contributed by atoms with van der Waals surface area (Å²) in [7, 11) is 1.57. The van der Waals surface area contributed by atoms with Crippen molar-refractivity contribution < 1.29 is 19.7 Å². The van der Waals surface area contributed by atoms with Gasteiger partial charge in [-0.15, -0.1) is 0 Å². The normalized spacial score (nSPS) is 43.2. The van der Waals surface area contributed by atoms with E-state index in [0.29, 0.717) is 12.8 Å². The number of aliphatic hydroxyl groups is 2. The molecule has 78 valence electrons. The molecule has 1 fully saturated rings. The van der Waals surface area contributed by atoms with Crippen LogP contribution in [0.25, 0.3) is 0 Å². The highest BCUT2D eigenvalue weighted by molar-refractivity contribution is 4.93. The van der Waals surface area contributed by atoms with Gasteiger partial charge in [0.1, 0.15) is 5.60 Å². The lowest BCUT2D eigenvalue weighted by molar-refractivity contribution is -0.259. The fourth-order valence-electron chi connectivity index (χ4n) is 1.69. The van der Waals surface area contributed by atoms with Crippen molar-refractivity contribution in [1.82, 2.24) is 0 Å². The quantitative estimate of drug-likeness (QED) is 0.656. The molecular weight excluding hydrogens is 172 g/mol. The first-order chi connectivity index (χ1) is 6.00. The predicted molar refractivity (Wildman–Crippen MR) is 47.2 cm³/mol. The van der Waals surface area contributed by atoms with Crippen LogP contribution in [-0.4, -0.2) is 41.4 Å². The lowest BCUT2D eigenvalue weighted by atomic mass is 9.85. The van der Waals surface area contributed by atoms with Gasteiger partial charge < -0.3 is 19.7 Å². The zero-order valence-electron chi connectivity index (χ0n) is 8.36. The van der Waals surface area contributed by atoms with E-state index < -0.39 is 17.8 Å². The summed E-state index contributed by atoms with van der Waals surface area (Å²) in [5.74, 6) is 0. The van der Waals surface area contributed by atoms with Gasteiger partial charge in [0.25, 0.3) is 0 Å². The van der Waals surface area contributed by atoms with E-state index >= 15 is 0 Å². The maximum Gasteiger partial charge on any atom is 0.157 e. The van der Waals surface area contributed by atoms with Gasteiger partial charge in [0.05, 0.1) is 12.2 Å². The number of rotatable bonds is 2. The Morgan fingerprint density at radius 2 is 2.23 bits per heavy atom. The minimum absolute atomic E-state index is 0.256. The van der Waals surface area contributed by atoms with Crippen LogP contribution in [-0.2, 0) is 9.47 Å². The lowest BCUT2D eigenvalue weighted by Gasteiger charge is -2.42. The summed E-state index contributed by atoms with van der Waals surface area (Å²) in [6.07, 6.45) is -0.312. The molecule has 1 aliphatic heterocycles. The van der Waals surface area contributed by atoms with Crippen LogP contribution >= 0.6 is 0 Å². The zero-order chi connectivity index (χ0) is 10.1. The molecule has 2 N–H and O–H groups in total. The Morgan fingerprint density at radius 1 is 1.62 bits per heavy atom. The van der Waals surface area contributed by atoms with Crippen LogP contribution in [0.2, 0.25) is 0 Å². The molecule has 0 aromatic carbocycles. The molecule has 1 heterocycles. The fourth-order valence-corrected chi connectivity index (χ4v) is 1.69.